The second-order valence-electron chi connectivity index (χ2n) is 8.58. The van der Waals surface area contributed by atoms with Gasteiger partial charge in [-0.3, -0.25) is 23.9 Å². The van der Waals surface area contributed by atoms with Gasteiger partial charge in [-0.05, 0) is 30.7 Å². The quantitative estimate of drug-likeness (QED) is 0.554. The van der Waals surface area contributed by atoms with E-state index < -0.39 is 0 Å². The lowest BCUT2D eigenvalue weighted by atomic mass is 10.1. The number of thiophene rings is 2. The lowest BCUT2D eigenvalue weighted by molar-refractivity contribution is -0.136. The highest BCUT2D eigenvalue weighted by molar-refractivity contribution is 7.18. The van der Waals surface area contributed by atoms with Gasteiger partial charge in [0, 0.05) is 55.1 Å². The predicted octanol–water partition coefficient (Wildman–Crippen LogP) is 2.34. The van der Waals surface area contributed by atoms with Gasteiger partial charge >= 0.3 is 0 Å². The molecule has 2 fully saturated rings. The molecule has 10 heteroatoms. The topological polar surface area (TPSA) is 78.8 Å². The van der Waals surface area contributed by atoms with Crippen LogP contribution in [0.4, 0.5) is 0 Å². The second kappa shape index (κ2) is 9.74. The smallest absolute Gasteiger partial charge is 0.263 e. The SMILES string of the molecule is O=C(CN1CCN(C(=O)Cn2cnc3scc(-c4cccs4)c3c2=O)CC1)N1CCCCC1. The number of nitrogens with zero attached hydrogens (tertiary/aromatic N) is 5. The predicted molar refractivity (Wildman–Crippen MR) is 131 cm³/mol. The molecule has 33 heavy (non-hydrogen) atoms. The van der Waals surface area contributed by atoms with E-state index in [1.165, 1.54) is 28.7 Å². The van der Waals surface area contributed by atoms with Gasteiger partial charge < -0.3 is 9.80 Å². The summed E-state index contributed by atoms with van der Waals surface area (Å²) in [4.78, 5) is 50.6. The first-order valence-electron chi connectivity index (χ1n) is 11.4. The first kappa shape index (κ1) is 22.2. The molecule has 2 amide bonds. The number of hydrogen-bond acceptors (Lipinski definition) is 7. The van der Waals surface area contributed by atoms with E-state index in [1.807, 2.05) is 27.8 Å². The summed E-state index contributed by atoms with van der Waals surface area (Å²) in [6.07, 6.45) is 4.87. The lowest BCUT2D eigenvalue weighted by Gasteiger charge is -2.36. The Balaban J connectivity index is 1.21. The molecule has 2 aliphatic rings. The fourth-order valence-corrected chi connectivity index (χ4v) is 6.25. The van der Waals surface area contributed by atoms with E-state index in [-0.39, 0.29) is 23.9 Å². The van der Waals surface area contributed by atoms with Gasteiger partial charge in [-0.1, -0.05) is 6.07 Å². The number of hydrogen-bond donors (Lipinski definition) is 0. The van der Waals surface area contributed by atoms with Gasteiger partial charge in [0.15, 0.2) is 0 Å². The number of amides is 2. The van der Waals surface area contributed by atoms with Gasteiger partial charge in [0.2, 0.25) is 11.8 Å². The lowest BCUT2D eigenvalue weighted by Crippen LogP contribution is -2.52. The number of piperazine rings is 1. The molecule has 0 aliphatic carbocycles. The standard InChI is InChI=1S/C23H27N5O3S2/c29-19(26-6-2-1-3-7-26)13-25-8-10-27(11-9-25)20(30)14-28-16-24-22-21(23(28)31)17(15-33-22)18-5-4-12-32-18/h4-5,12,15-16H,1-3,6-11,13-14H2. The Bertz CT molecular complexity index is 1190. The van der Waals surface area contributed by atoms with Crippen LogP contribution in [0.1, 0.15) is 19.3 Å². The number of carbonyl (C=O) groups excluding carboxylic acids is 2. The maximum atomic E-state index is 13.2. The molecule has 0 aromatic carbocycles. The molecule has 0 atom stereocenters. The zero-order chi connectivity index (χ0) is 22.8. The van der Waals surface area contributed by atoms with Crippen molar-refractivity contribution in [3.8, 4) is 10.4 Å². The first-order valence-corrected chi connectivity index (χ1v) is 13.1. The van der Waals surface area contributed by atoms with Crippen molar-refractivity contribution in [2.24, 2.45) is 0 Å². The van der Waals surface area contributed by atoms with E-state index in [2.05, 4.69) is 9.88 Å². The van der Waals surface area contributed by atoms with Gasteiger partial charge in [-0.15, -0.1) is 22.7 Å². The molecule has 2 aliphatic heterocycles. The summed E-state index contributed by atoms with van der Waals surface area (Å²) in [6.45, 7) is 4.60. The molecule has 0 unspecified atom stereocenters. The zero-order valence-electron chi connectivity index (χ0n) is 18.4. The average molecular weight is 486 g/mol. The Labute approximate surface area is 200 Å². The largest absolute Gasteiger partial charge is 0.342 e. The normalized spacial score (nSPS) is 17.6. The van der Waals surface area contributed by atoms with Crippen LogP contribution in [0.3, 0.4) is 0 Å². The summed E-state index contributed by atoms with van der Waals surface area (Å²) < 4.78 is 1.42. The Kier molecular flexibility index (Phi) is 6.57. The van der Waals surface area contributed by atoms with Gasteiger partial charge in [0.1, 0.15) is 11.4 Å². The summed E-state index contributed by atoms with van der Waals surface area (Å²) in [5.41, 5.74) is 0.708. The van der Waals surface area contributed by atoms with Crippen LogP contribution in [0.2, 0.25) is 0 Å². The van der Waals surface area contributed by atoms with Crippen molar-refractivity contribution in [1.82, 2.24) is 24.3 Å². The van der Waals surface area contributed by atoms with Crippen LogP contribution in [0.25, 0.3) is 20.7 Å². The third-order valence-electron chi connectivity index (χ3n) is 6.45. The van der Waals surface area contributed by atoms with Crippen LogP contribution in [0, 0.1) is 0 Å². The fraction of sp³-hybridized carbons (Fsp3) is 0.478. The maximum Gasteiger partial charge on any atom is 0.263 e. The van der Waals surface area contributed by atoms with Crippen LogP contribution in [0.5, 0.6) is 0 Å². The summed E-state index contributed by atoms with van der Waals surface area (Å²) in [5, 5.41) is 4.53. The molecule has 0 saturated carbocycles. The van der Waals surface area contributed by atoms with Crippen LogP contribution >= 0.6 is 22.7 Å². The molecule has 3 aromatic rings. The van der Waals surface area contributed by atoms with Crippen molar-refractivity contribution in [2.75, 3.05) is 45.8 Å². The minimum Gasteiger partial charge on any atom is -0.342 e. The molecule has 0 radical (unpaired) electrons. The molecule has 3 aromatic heterocycles. The van der Waals surface area contributed by atoms with Crippen molar-refractivity contribution in [3.05, 3.63) is 39.6 Å². The van der Waals surface area contributed by atoms with Crippen molar-refractivity contribution in [3.63, 3.8) is 0 Å². The van der Waals surface area contributed by atoms with Crippen LogP contribution < -0.4 is 5.56 Å². The van der Waals surface area contributed by atoms with Gasteiger partial charge in [0.25, 0.3) is 5.56 Å². The molecule has 5 rings (SSSR count). The number of carbonyl (C=O) groups is 2. The van der Waals surface area contributed by atoms with Crippen molar-refractivity contribution < 1.29 is 9.59 Å². The van der Waals surface area contributed by atoms with Crippen LogP contribution in [0.15, 0.2) is 34.0 Å². The van der Waals surface area contributed by atoms with Crippen LogP contribution in [-0.2, 0) is 16.1 Å². The average Bonchev–Trinajstić information content (AvgIpc) is 3.52. The molecule has 0 N–H and O–H groups in total. The summed E-state index contributed by atoms with van der Waals surface area (Å²) >= 11 is 3.03. The number of fused-ring (bicyclic) bond motifs is 1. The molecular formula is C23H27N5O3S2. The Morgan fingerprint density at radius 3 is 2.36 bits per heavy atom. The Morgan fingerprint density at radius 1 is 0.909 bits per heavy atom. The second-order valence-corrected chi connectivity index (χ2v) is 10.4. The summed E-state index contributed by atoms with van der Waals surface area (Å²) in [6, 6.07) is 3.95. The molecule has 0 spiro atoms. The molecule has 174 valence electrons. The number of rotatable bonds is 5. The van der Waals surface area contributed by atoms with Gasteiger partial charge in [-0.2, -0.15) is 0 Å². The third kappa shape index (κ3) is 4.73. The Morgan fingerprint density at radius 2 is 1.64 bits per heavy atom. The zero-order valence-corrected chi connectivity index (χ0v) is 20.1. The van der Waals surface area contributed by atoms with E-state index >= 15 is 0 Å². The van der Waals surface area contributed by atoms with E-state index in [0.29, 0.717) is 42.9 Å². The molecule has 5 heterocycles. The van der Waals surface area contributed by atoms with E-state index in [1.54, 1.807) is 16.2 Å². The Hall–Kier alpha value is -2.56. The third-order valence-corrected chi connectivity index (χ3v) is 8.24. The maximum absolute atomic E-state index is 13.2. The molecular weight excluding hydrogens is 458 g/mol. The summed E-state index contributed by atoms with van der Waals surface area (Å²) in [5.74, 6) is 0.103. The van der Waals surface area contributed by atoms with Crippen LogP contribution in [-0.4, -0.2) is 81.9 Å². The number of aromatic nitrogens is 2. The number of piperidine rings is 1. The summed E-state index contributed by atoms with van der Waals surface area (Å²) in [7, 11) is 0. The highest BCUT2D eigenvalue weighted by Gasteiger charge is 2.25. The number of likely N-dealkylation sites (tertiary alicyclic amines) is 1. The highest BCUT2D eigenvalue weighted by Crippen LogP contribution is 2.33. The van der Waals surface area contributed by atoms with E-state index in [0.717, 1.165) is 36.4 Å². The van der Waals surface area contributed by atoms with E-state index in [4.69, 9.17) is 0 Å². The highest BCUT2D eigenvalue weighted by atomic mass is 32.1. The monoisotopic (exact) mass is 485 g/mol. The van der Waals surface area contributed by atoms with E-state index in [9.17, 15) is 14.4 Å². The van der Waals surface area contributed by atoms with Crippen molar-refractivity contribution in [1.29, 1.82) is 0 Å². The fourth-order valence-electron chi connectivity index (χ4n) is 4.53. The molecule has 2 saturated heterocycles. The van der Waals surface area contributed by atoms with Crippen molar-refractivity contribution >= 4 is 44.7 Å². The van der Waals surface area contributed by atoms with Crippen molar-refractivity contribution in [2.45, 2.75) is 25.8 Å². The minimum absolute atomic E-state index is 0.0196. The molecule has 8 nitrogen and oxygen atoms in total. The first-order chi connectivity index (χ1) is 16.1. The van der Waals surface area contributed by atoms with Gasteiger partial charge in [0.05, 0.1) is 18.3 Å². The molecule has 0 bridgehead atoms. The minimum atomic E-state index is -0.177. The van der Waals surface area contributed by atoms with Gasteiger partial charge in [-0.25, -0.2) is 4.98 Å².